The van der Waals surface area contributed by atoms with Gasteiger partial charge in [-0.3, -0.25) is 4.68 Å². The molecular formula is C15H27N5OS. The number of carbonyl (C=O) groups is 1. The Morgan fingerprint density at radius 1 is 1.55 bits per heavy atom. The van der Waals surface area contributed by atoms with E-state index >= 15 is 0 Å². The zero-order chi connectivity index (χ0) is 16.1. The summed E-state index contributed by atoms with van der Waals surface area (Å²) in [5.41, 5.74) is 1.12. The van der Waals surface area contributed by atoms with E-state index in [4.69, 9.17) is 0 Å². The fourth-order valence-corrected chi connectivity index (χ4v) is 3.73. The van der Waals surface area contributed by atoms with Crippen molar-refractivity contribution in [2.75, 3.05) is 38.7 Å². The first kappa shape index (κ1) is 17.1. The van der Waals surface area contributed by atoms with Crippen LogP contribution < -0.4 is 5.32 Å². The van der Waals surface area contributed by atoms with Gasteiger partial charge in [-0.2, -0.15) is 16.9 Å². The zero-order valence-electron chi connectivity index (χ0n) is 14.0. The summed E-state index contributed by atoms with van der Waals surface area (Å²) in [6, 6.07) is 0.492. The average molecular weight is 325 g/mol. The van der Waals surface area contributed by atoms with E-state index in [1.807, 2.05) is 50.2 Å². The molecular weight excluding hydrogens is 298 g/mol. The van der Waals surface area contributed by atoms with Gasteiger partial charge in [0.15, 0.2) is 0 Å². The van der Waals surface area contributed by atoms with Crippen molar-refractivity contribution in [1.82, 2.24) is 24.9 Å². The summed E-state index contributed by atoms with van der Waals surface area (Å²) in [6.07, 6.45) is 4.93. The number of rotatable bonds is 4. The van der Waals surface area contributed by atoms with Gasteiger partial charge in [-0.05, 0) is 33.2 Å². The lowest BCUT2D eigenvalue weighted by atomic mass is 10.1. The summed E-state index contributed by atoms with van der Waals surface area (Å²) in [5, 5.41) is 7.32. The number of aryl methyl sites for hydroxylation is 1. The maximum atomic E-state index is 12.5. The molecule has 0 aliphatic carbocycles. The molecule has 0 saturated carbocycles. The van der Waals surface area contributed by atoms with E-state index in [1.165, 1.54) is 0 Å². The number of urea groups is 1. The number of likely N-dealkylation sites (N-methyl/N-ethyl adjacent to an activating group) is 1. The van der Waals surface area contributed by atoms with Crippen molar-refractivity contribution in [3.8, 4) is 0 Å². The molecule has 0 aromatic carbocycles. The van der Waals surface area contributed by atoms with E-state index in [0.29, 0.717) is 12.6 Å². The van der Waals surface area contributed by atoms with Crippen LogP contribution in [0.3, 0.4) is 0 Å². The molecule has 0 radical (unpaired) electrons. The number of hydrogen-bond donors (Lipinski definition) is 1. The van der Waals surface area contributed by atoms with E-state index in [0.717, 1.165) is 30.0 Å². The lowest BCUT2D eigenvalue weighted by Crippen LogP contribution is -2.47. The summed E-state index contributed by atoms with van der Waals surface area (Å²) in [6.45, 7) is 3.56. The molecule has 0 bridgehead atoms. The van der Waals surface area contributed by atoms with Crippen molar-refractivity contribution in [3.05, 3.63) is 18.0 Å². The fraction of sp³-hybridized carbons (Fsp3) is 0.733. The smallest absolute Gasteiger partial charge is 0.317 e. The molecule has 1 aromatic heterocycles. The van der Waals surface area contributed by atoms with E-state index in [9.17, 15) is 4.79 Å². The van der Waals surface area contributed by atoms with Gasteiger partial charge in [-0.25, -0.2) is 4.79 Å². The third-order valence-corrected chi connectivity index (χ3v) is 5.12. The Bertz CT molecular complexity index is 490. The number of nitrogens with one attached hydrogen (secondary N) is 1. The second-order valence-corrected chi connectivity index (χ2v) is 7.28. The molecule has 7 heteroatoms. The summed E-state index contributed by atoms with van der Waals surface area (Å²) in [4.78, 5) is 16.6. The lowest BCUT2D eigenvalue weighted by molar-refractivity contribution is 0.178. The fourth-order valence-electron chi connectivity index (χ4n) is 2.69. The van der Waals surface area contributed by atoms with Crippen LogP contribution >= 0.6 is 11.8 Å². The van der Waals surface area contributed by atoms with Gasteiger partial charge in [-0.15, -0.1) is 0 Å². The first-order valence-corrected chi connectivity index (χ1v) is 8.91. The second kappa shape index (κ2) is 7.87. The minimum atomic E-state index is 0.0470. The highest BCUT2D eigenvalue weighted by molar-refractivity contribution is 7.99. The van der Waals surface area contributed by atoms with Gasteiger partial charge < -0.3 is 15.1 Å². The molecule has 1 saturated heterocycles. The van der Waals surface area contributed by atoms with Crippen LogP contribution in [0.25, 0.3) is 0 Å². The van der Waals surface area contributed by atoms with Crippen LogP contribution in [0.5, 0.6) is 0 Å². The standard InChI is InChI=1S/C15H27N5OS/c1-12-5-7-22-8-6-20(12)15(21)16-10-14(18(2)3)13-9-17-19(4)11-13/h9,11-12,14H,5-8,10H2,1-4H3,(H,16,21). The van der Waals surface area contributed by atoms with E-state index in [1.54, 1.807) is 4.68 Å². The third kappa shape index (κ3) is 4.39. The topological polar surface area (TPSA) is 53.4 Å². The molecule has 22 heavy (non-hydrogen) atoms. The summed E-state index contributed by atoms with van der Waals surface area (Å²) < 4.78 is 1.79. The van der Waals surface area contributed by atoms with Crippen LogP contribution in [0.15, 0.2) is 12.4 Å². The predicted molar refractivity (Wildman–Crippen MR) is 91.1 cm³/mol. The molecule has 2 amide bonds. The van der Waals surface area contributed by atoms with Crippen molar-refractivity contribution < 1.29 is 4.79 Å². The Balaban J connectivity index is 1.95. The van der Waals surface area contributed by atoms with Crippen molar-refractivity contribution in [3.63, 3.8) is 0 Å². The van der Waals surface area contributed by atoms with Crippen LogP contribution in [0, 0.1) is 0 Å². The first-order valence-electron chi connectivity index (χ1n) is 7.76. The van der Waals surface area contributed by atoms with Gasteiger partial charge in [0.05, 0.1) is 12.2 Å². The number of nitrogens with zero attached hydrogens (tertiary/aromatic N) is 4. The zero-order valence-corrected chi connectivity index (χ0v) is 14.8. The van der Waals surface area contributed by atoms with Crippen LogP contribution in [0.1, 0.15) is 24.9 Å². The molecule has 1 aliphatic rings. The normalized spacial score (nSPS) is 20.8. The van der Waals surface area contributed by atoms with Gasteiger partial charge in [0.25, 0.3) is 0 Å². The molecule has 1 N–H and O–H groups in total. The molecule has 1 aliphatic heterocycles. The number of carbonyl (C=O) groups excluding carboxylic acids is 1. The Morgan fingerprint density at radius 2 is 2.32 bits per heavy atom. The monoisotopic (exact) mass is 325 g/mol. The van der Waals surface area contributed by atoms with Gasteiger partial charge >= 0.3 is 6.03 Å². The molecule has 2 unspecified atom stereocenters. The van der Waals surface area contributed by atoms with E-state index < -0.39 is 0 Å². The van der Waals surface area contributed by atoms with Crippen LogP contribution in [-0.2, 0) is 7.05 Å². The SMILES string of the molecule is CC1CCSCCN1C(=O)NCC(c1cnn(C)c1)N(C)C. The Morgan fingerprint density at radius 3 is 2.95 bits per heavy atom. The Kier molecular flexibility index (Phi) is 6.14. The van der Waals surface area contributed by atoms with Crippen molar-refractivity contribution in [1.29, 1.82) is 0 Å². The third-order valence-electron chi connectivity index (χ3n) is 4.13. The van der Waals surface area contributed by atoms with Crippen LogP contribution in [0.4, 0.5) is 4.79 Å². The molecule has 124 valence electrons. The summed E-state index contributed by atoms with van der Waals surface area (Å²) in [7, 11) is 5.95. The minimum absolute atomic E-state index is 0.0470. The van der Waals surface area contributed by atoms with Gasteiger partial charge in [-0.1, -0.05) is 0 Å². The van der Waals surface area contributed by atoms with Crippen LogP contribution in [0.2, 0.25) is 0 Å². The predicted octanol–water partition coefficient (Wildman–Crippen LogP) is 1.56. The molecule has 2 atom stereocenters. The minimum Gasteiger partial charge on any atom is -0.336 e. The molecule has 2 rings (SSSR count). The van der Waals surface area contributed by atoms with Crippen LogP contribution in [-0.4, -0.2) is 70.3 Å². The second-order valence-electron chi connectivity index (χ2n) is 6.06. The molecule has 2 heterocycles. The molecule has 0 spiro atoms. The van der Waals surface area contributed by atoms with E-state index in [-0.39, 0.29) is 12.1 Å². The molecule has 1 aromatic rings. The van der Waals surface area contributed by atoms with E-state index in [2.05, 4.69) is 22.2 Å². The average Bonchev–Trinajstić information content (AvgIpc) is 2.76. The highest BCUT2D eigenvalue weighted by atomic mass is 32.2. The van der Waals surface area contributed by atoms with Crippen molar-refractivity contribution in [2.45, 2.75) is 25.4 Å². The number of amides is 2. The largest absolute Gasteiger partial charge is 0.336 e. The Labute approximate surface area is 137 Å². The summed E-state index contributed by atoms with van der Waals surface area (Å²) in [5.74, 6) is 2.17. The molecule has 6 nitrogen and oxygen atoms in total. The Hall–Kier alpha value is -1.21. The highest BCUT2D eigenvalue weighted by Crippen LogP contribution is 2.18. The summed E-state index contributed by atoms with van der Waals surface area (Å²) >= 11 is 1.93. The lowest BCUT2D eigenvalue weighted by Gasteiger charge is -2.29. The van der Waals surface area contributed by atoms with Gasteiger partial charge in [0.1, 0.15) is 0 Å². The van der Waals surface area contributed by atoms with Crippen molar-refractivity contribution in [2.24, 2.45) is 7.05 Å². The molecule has 1 fully saturated rings. The van der Waals surface area contributed by atoms with Gasteiger partial charge in [0, 0.05) is 43.7 Å². The maximum Gasteiger partial charge on any atom is 0.317 e. The maximum absolute atomic E-state index is 12.5. The quantitative estimate of drug-likeness (QED) is 0.913. The first-order chi connectivity index (χ1) is 10.5. The number of thioether (sulfide) groups is 1. The van der Waals surface area contributed by atoms with Crippen molar-refractivity contribution >= 4 is 17.8 Å². The number of hydrogen-bond acceptors (Lipinski definition) is 4. The highest BCUT2D eigenvalue weighted by Gasteiger charge is 2.23. The number of aromatic nitrogens is 2. The van der Waals surface area contributed by atoms with Gasteiger partial charge in [0.2, 0.25) is 0 Å².